The molecule has 1 aromatic rings. The van der Waals surface area contributed by atoms with Crippen LogP contribution in [0.25, 0.3) is 0 Å². The van der Waals surface area contributed by atoms with E-state index in [-0.39, 0.29) is 5.78 Å². The Labute approximate surface area is 72.8 Å². The van der Waals surface area contributed by atoms with Gasteiger partial charge in [0.1, 0.15) is 0 Å². The highest BCUT2D eigenvalue weighted by Crippen LogP contribution is 2.27. The molecule has 1 heterocycles. The van der Waals surface area contributed by atoms with Crippen LogP contribution in [-0.2, 0) is 6.42 Å². The summed E-state index contributed by atoms with van der Waals surface area (Å²) in [6, 6.07) is 0. The van der Waals surface area contributed by atoms with Gasteiger partial charge in [-0.1, -0.05) is 0 Å². The molecule has 0 fully saturated rings. The second kappa shape index (κ2) is 2.41. The van der Waals surface area contributed by atoms with Crippen LogP contribution in [0.1, 0.15) is 22.3 Å². The van der Waals surface area contributed by atoms with Crippen LogP contribution in [0.3, 0.4) is 0 Å². The standard InChI is InChI=1S/C8H6BrNO/c9-6-4-10-3-5-1-2-7(11)8(5)6/h3-4H,1-2H2. The number of aryl methyl sites for hydroxylation is 1. The fourth-order valence-electron chi connectivity index (χ4n) is 1.35. The normalized spacial score (nSPS) is 15.2. The zero-order valence-electron chi connectivity index (χ0n) is 5.80. The van der Waals surface area contributed by atoms with Gasteiger partial charge in [0, 0.05) is 28.9 Å². The third-order valence-electron chi connectivity index (χ3n) is 1.88. The van der Waals surface area contributed by atoms with E-state index in [9.17, 15) is 4.79 Å². The molecule has 0 atom stereocenters. The number of hydrogen-bond donors (Lipinski definition) is 0. The molecule has 0 unspecified atom stereocenters. The quantitative estimate of drug-likeness (QED) is 0.658. The lowest BCUT2D eigenvalue weighted by atomic mass is 10.2. The van der Waals surface area contributed by atoms with Gasteiger partial charge in [0.2, 0.25) is 0 Å². The lowest BCUT2D eigenvalue weighted by Gasteiger charge is -1.97. The van der Waals surface area contributed by atoms with Crippen LogP contribution < -0.4 is 0 Å². The highest BCUT2D eigenvalue weighted by atomic mass is 79.9. The van der Waals surface area contributed by atoms with E-state index < -0.39 is 0 Å². The SMILES string of the molecule is O=C1CCc2cncc(Br)c21. The molecule has 1 aliphatic carbocycles. The molecule has 0 amide bonds. The number of pyridine rings is 1. The molecule has 2 rings (SSSR count). The zero-order chi connectivity index (χ0) is 7.84. The summed E-state index contributed by atoms with van der Waals surface area (Å²) in [6.07, 6.45) is 4.92. The molecule has 0 radical (unpaired) electrons. The molecule has 1 aliphatic rings. The summed E-state index contributed by atoms with van der Waals surface area (Å²) in [5.74, 6) is 0.231. The van der Waals surface area contributed by atoms with Gasteiger partial charge in [-0.05, 0) is 27.9 Å². The number of halogens is 1. The molecule has 0 aromatic carbocycles. The smallest absolute Gasteiger partial charge is 0.164 e. The summed E-state index contributed by atoms with van der Waals surface area (Å²) < 4.78 is 0.831. The number of fused-ring (bicyclic) bond motifs is 1. The largest absolute Gasteiger partial charge is 0.294 e. The van der Waals surface area contributed by atoms with Gasteiger partial charge in [-0.2, -0.15) is 0 Å². The number of hydrogen-bond acceptors (Lipinski definition) is 2. The van der Waals surface area contributed by atoms with Crippen molar-refractivity contribution >= 4 is 21.7 Å². The molecule has 0 spiro atoms. The van der Waals surface area contributed by atoms with Crippen molar-refractivity contribution in [3.8, 4) is 0 Å². The zero-order valence-corrected chi connectivity index (χ0v) is 7.39. The minimum absolute atomic E-state index is 0.231. The molecule has 2 nitrogen and oxygen atoms in total. The predicted molar refractivity (Wildman–Crippen MR) is 44.6 cm³/mol. The number of Topliss-reactive ketones (excluding diaryl/α,β-unsaturated/α-hetero) is 1. The first-order valence-corrected chi connectivity index (χ1v) is 4.24. The molecular formula is C8H6BrNO. The Hall–Kier alpha value is -0.700. The third-order valence-corrected chi connectivity index (χ3v) is 2.48. The lowest BCUT2D eigenvalue weighted by molar-refractivity contribution is 0.0994. The molecule has 1 aromatic heterocycles. The number of aromatic nitrogens is 1. The van der Waals surface area contributed by atoms with E-state index in [2.05, 4.69) is 20.9 Å². The van der Waals surface area contributed by atoms with Gasteiger partial charge in [-0.15, -0.1) is 0 Å². The van der Waals surface area contributed by atoms with Crippen molar-refractivity contribution in [1.29, 1.82) is 0 Å². The van der Waals surface area contributed by atoms with E-state index in [4.69, 9.17) is 0 Å². The molecule has 0 aliphatic heterocycles. The molecule has 0 saturated carbocycles. The van der Waals surface area contributed by atoms with Crippen molar-refractivity contribution in [2.75, 3.05) is 0 Å². The van der Waals surface area contributed by atoms with E-state index in [0.717, 1.165) is 22.0 Å². The van der Waals surface area contributed by atoms with Crippen LogP contribution in [0.2, 0.25) is 0 Å². The average Bonchev–Trinajstić information content (AvgIpc) is 2.34. The fourth-order valence-corrected chi connectivity index (χ4v) is 1.94. The van der Waals surface area contributed by atoms with E-state index in [1.165, 1.54) is 0 Å². The molecule has 0 N–H and O–H groups in total. The van der Waals surface area contributed by atoms with E-state index in [1.807, 2.05) is 0 Å². The Morgan fingerprint density at radius 1 is 1.36 bits per heavy atom. The summed E-state index contributed by atoms with van der Waals surface area (Å²) in [5.41, 5.74) is 1.91. The monoisotopic (exact) mass is 211 g/mol. The van der Waals surface area contributed by atoms with Gasteiger partial charge in [0.15, 0.2) is 5.78 Å². The van der Waals surface area contributed by atoms with Gasteiger partial charge in [-0.25, -0.2) is 0 Å². The van der Waals surface area contributed by atoms with E-state index >= 15 is 0 Å². The average molecular weight is 212 g/mol. The van der Waals surface area contributed by atoms with Gasteiger partial charge < -0.3 is 0 Å². The number of carbonyl (C=O) groups is 1. The first-order chi connectivity index (χ1) is 5.29. The predicted octanol–water partition coefficient (Wildman–Crippen LogP) is 1.97. The second-order valence-corrected chi connectivity index (χ2v) is 3.43. The van der Waals surface area contributed by atoms with Crippen molar-refractivity contribution in [2.24, 2.45) is 0 Å². The Kier molecular flexibility index (Phi) is 1.53. The molecule has 0 bridgehead atoms. The van der Waals surface area contributed by atoms with Crippen LogP contribution in [0.4, 0.5) is 0 Å². The van der Waals surface area contributed by atoms with Gasteiger partial charge in [0.25, 0.3) is 0 Å². The number of nitrogens with zero attached hydrogens (tertiary/aromatic N) is 1. The Balaban J connectivity index is 2.68. The maximum Gasteiger partial charge on any atom is 0.164 e. The third kappa shape index (κ3) is 0.997. The summed E-state index contributed by atoms with van der Waals surface area (Å²) in [4.78, 5) is 15.2. The Morgan fingerprint density at radius 3 is 2.91 bits per heavy atom. The molecule has 11 heavy (non-hydrogen) atoms. The Morgan fingerprint density at radius 2 is 2.18 bits per heavy atom. The number of carbonyl (C=O) groups excluding carboxylic acids is 1. The first kappa shape index (κ1) is 6.98. The Bertz CT molecular complexity index is 322. The lowest BCUT2D eigenvalue weighted by Crippen LogP contribution is -1.93. The van der Waals surface area contributed by atoms with Crippen molar-refractivity contribution in [2.45, 2.75) is 12.8 Å². The second-order valence-electron chi connectivity index (χ2n) is 2.58. The van der Waals surface area contributed by atoms with Crippen LogP contribution in [-0.4, -0.2) is 10.8 Å². The number of ketones is 1. The van der Waals surface area contributed by atoms with Gasteiger partial charge in [-0.3, -0.25) is 9.78 Å². The summed E-state index contributed by atoms with van der Waals surface area (Å²) in [7, 11) is 0. The maximum absolute atomic E-state index is 11.2. The minimum atomic E-state index is 0.231. The molecule has 0 saturated heterocycles. The topological polar surface area (TPSA) is 30.0 Å². The summed E-state index contributed by atoms with van der Waals surface area (Å²) in [5, 5.41) is 0. The molecule has 56 valence electrons. The molecular weight excluding hydrogens is 206 g/mol. The first-order valence-electron chi connectivity index (χ1n) is 3.44. The highest BCUT2D eigenvalue weighted by molar-refractivity contribution is 9.10. The number of rotatable bonds is 0. The molecule has 3 heteroatoms. The van der Waals surface area contributed by atoms with E-state index in [0.29, 0.717) is 6.42 Å². The van der Waals surface area contributed by atoms with Crippen LogP contribution in [0.15, 0.2) is 16.9 Å². The van der Waals surface area contributed by atoms with Crippen molar-refractivity contribution in [3.05, 3.63) is 28.0 Å². The van der Waals surface area contributed by atoms with Crippen molar-refractivity contribution in [3.63, 3.8) is 0 Å². The van der Waals surface area contributed by atoms with E-state index in [1.54, 1.807) is 12.4 Å². The van der Waals surface area contributed by atoms with Crippen LogP contribution in [0, 0.1) is 0 Å². The van der Waals surface area contributed by atoms with Crippen LogP contribution >= 0.6 is 15.9 Å². The van der Waals surface area contributed by atoms with Gasteiger partial charge >= 0.3 is 0 Å². The summed E-state index contributed by atoms with van der Waals surface area (Å²) >= 11 is 3.30. The van der Waals surface area contributed by atoms with Gasteiger partial charge in [0.05, 0.1) is 0 Å². The van der Waals surface area contributed by atoms with Crippen molar-refractivity contribution < 1.29 is 4.79 Å². The highest BCUT2D eigenvalue weighted by Gasteiger charge is 2.21. The van der Waals surface area contributed by atoms with Crippen LogP contribution in [0.5, 0.6) is 0 Å². The summed E-state index contributed by atoms with van der Waals surface area (Å²) in [6.45, 7) is 0. The van der Waals surface area contributed by atoms with Crippen molar-refractivity contribution in [1.82, 2.24) is 4.98 Å². The fraction of sp³-hybridized carbons (Fsp3) is 0.250. The minimum Gasteiger partial charge on any atom is -0.294 e. The maximum atomic E-state index is 11.2.